The molecule has 1 N–H and O–H groups in total. The molecule has 2 aromatic rings. The molecule has 1 unspecified atom stereocenters. The van der Waals surface area contributed by atoms with Crippen LogP contribution in [-0.2, 0) is 12.0 Å². The highest BCUT2D eigenvalue weighted by molar-refractivity contribution is 6.35. The van der Waals surface area contributed by atoms with E-state index >= 15 is 0 Å². The number of benzene rings is 2. The summed E-state index contributed by atoms with van der Waals surface area (Å²) in [5.41, 5.74) is 0.666. The Labute approximate surface area is 134 Å². The lowest BCUT2D eigenvalue weighted by atomic mass is 9.85. The molecule has 20 heavy (non-hydrogen) atoms. The molecule has 1 atom stereocenters. The van der Waals surface area contributed by atoms with Gasteiger partial charge in [-0.2, -0.15) is 0 Å². The molecule has 0 radical (unpaired) electrons. The van der Waals surface area contributed by atoms with Crippen molar-refractivity contribution in [2.75, 3.05) is 5.88 Å². The Bertz CT molecular complexity index is 571. The number of rotatable bonds is 5. The second-order valence-electron chi connectivity index (χ2n) is 4.75. The van der Waals surface area contributed by atoms with Crippen LogP contribution in [0.1, 0.15) is 17.5 Å². The lowest BCUT2D eigenvalue weighted by molar-refractivity contribution is 0.0337. The SMILES string of the molecule is OC(CCCl)(Cc1ccc(Cl)cc1Cl)c1ccccc1. The van der Waals surface area contributed by atoms with Crippen LogP contribution in [0.2, 0.25) is 10.0 Å². The Balaban J connectivity index is 2.34. The molecule has 0 bridgehead atoms. The van der Waals surface area contributed by atoms with Crippen molar-refractivity contribution in [1.82, 2.24) is 0 Å². The maximum Gasteiger partial charge on any atom is 0.0948 e. The van der Waals surface area contributed by atoms with Gasteiger partial charge in [-0.05, 0) is 29.7 Å². The van der Waals surface area contributed by atoms with Crippen LogP contribution < -0.4 is 0 Å². The summed E-state index contributed by atoms with van der Waals surface area (Å²) >= 11 is 17.9. The molecule has 2 rings (SSSR count). The topological polar surface area (TPSA) is 20.2 Å². The van der Waals surface area contributed by atoms with Crippen molar-refractivity contribution in [1.29, 1.82) is 0 Å². The van der Waals surface area contributed by atoms with Crippen LogP contribution >= 0.6 is 34.8 Å². The van der Waals surface area contributed by atoms with Crippen molar-refractivity contribution < 1.29 is 5.11 Å². The van der Waals surface area contributed by atoms with Gasteiger partial charge in [-0.15, -0.1) is 11.6 Å². The number of aliphatic hydroxyl groups is 1. The van der Waals surface area contributed by atoms with Crippen molar-refractivity contribution in [2.45, 2.75) is 18.4 Å². The van der Waals surface area contributed by atoms with Crippen LogP contribution in [0.4, 0.5) is 0 Å². The Kier molecular flexibility index (Phi) is 5.34. The van der Waals surface area contributed by atoms with Crippen LogP contribution in [0.5, 0.6) is 0 Å². The fourth-order valence-electron chi connectivity index (χ4n) is 2.22. The third-order valence-electron chi connectivity index (χ3n) is 3.32. The van der Waals surface area contributed by atoms with Gasteiger partial charge in [-0.3, -0.25) is 0 Å². The van der Waals surface area contributed by atoms with Crippen LogP contribution in [0.25, 0.3) is 0 Å². The second-order valence-corrected chi connectivity index (χ2v) is 5.97. The zero-order chi connectivity index (χ0) is 14.6. The predicted molar refractivity (Wildman–Crippen MR) is 85.8 cm³/mol. The van der Waals surface area contributed by atoms with E-state index in [0.29, 0.717) is 28.8 Å². The first-order valence-electron chi connectivity index (χ1n) is 6.33. The largest absolute Gasteiger partial charge is 0.385 e. The summed E-state index contributed by atoms with van der Waals surface area (Å²) in [6.07, 6.45) is 0.858. The number of alkyl halides is 1. The van der Waals surface area contributed by atoms with Gasteiger partial charge in [0.1, 0.15) is 0 Å². The summed E-state index contributed by atoms with van der Waals surface area (Å²) in [5, 5.41) is 12.1. The average molecular weight is 330 g/mol. The minimum atomic E-state index is -1.03. The minimum Gasteiger partial charge on any atom is -0.385 e. The zero-order valence-corrected chi connectivity index (χ0v) is 13.1. The third-order valence-corrected chi connectivity index (χ3v) is 4.09. The summed E-state index contributed by atoms with van der Waals surface area (Å²) in [4.78, 5) is 0. The molecule has 0 aliphatic carbocycles. The summed E-state index contributed by atoms with van der Waals surface area (Å²) in [7, 11) is 0. The standard InChI is InChI=1S/C16H15Cl3O/c17-9-8-16(20,13-4-2-1-3-5-13)11-12-6-7-14(18)10-15(12)19/h1-7,10,20H,8-9,11H2. The van der Waals surface area contributed by atoms with Crippen LogP contribution in [0.15, 0.2) is 48.5 Å². The summed E-state index contributed by atoms with van der Waals surface area (Å²) in [5.74, 6) is 0.372. The van der Waals surface area contributed by atoms with Crippen molar-refractivity contribution >= 4 is 34.8 Å². The smallest absolute Gasteiger partial charge is 0.0948 e. The summed E-state index contributed by atoms with van der Waals surface area (Å²) in [6, 6.07) is 14.8. The highest BCUT2D eigenvalue weighted by atomic mass is 35.5. The molecule has 1 nitrogen and oxygen atoms in total. The fraction of sp³-hybridized carbons (Fsp3) is 0.250. The molecule has 0 spiro atoms. The van der Waals surface area contributed by atoms with Gasteiger partial charge in [0.25, 0.3) is 0 Å². The first kappa shape index (κ1) is 15.7. The quantitative estimate of drug-likeness (QED) is 0.761. The Morgan fingerprint density at radius 3 is 2.30 bits per heavy atom. The van der Waals surface area contributed by atoms with Gasteiger partial charge in [0.2, 0.25) is 0 Å². The molecule has 0 heterocycles. The number of hydrogen-bond acceptors (Lipinski definition) is 1. The van der Waals surface area contributed by atoms with E-state index in [9.17, 15) is 5.11 Å². The van der Waals surface area contributed by atoms with E-state index in [0.717, 1.165) is 11.1 Å². The maximum absolute atomic E-state index is 11.0. The number of hydrogen-bond donors (Lipinski definition) is 1. The minimum absolute atomic E-state index is 0.372. The van der Waals surface area contributed by atoms with E-state index in [2.05, 4.69) is 0 Å². The van der Waals surface area contributed by atoms with Gasteiger partial charge in [-0.25, -0.2) is 0 Å². The Hall–Kier alpha value is -0.730. The van der Waals surface area contributed by atoms with Crippen molar-refractivity contribution in [3.05, 3.63) is 69.7 Å². The predicted octanol–water partition coefficient (Wildman–Crippen LogP) is 5.05. The van der Waals surface area contributed by atoms with Crippen molar-refractivity contribution in [3.63, 3.8) is 0 Å². The molecular formula is C16H15Cl3O. The molecule has 0 aromatic heterocycles. The van der Waals surface area contributed by atoms with Crippen molar-refractivity contribution in [2.24, 2.45) is 0 Å². The van der Waals surface area contributed by atoms with E-state index in [1.54, 1.807) is 12.1 Å². The van der Waals surface area contributed by atoms with Crippen LogP contribution in [0.3, 0.4) is 0 Å². The monoisotopic (exact) mass is 328 g/mol. The van der Waals surface area contributed by atoms with Gasteiger partial charge in [0, 0.05) is 22.3 Å². The zero-order valence-electron chi connectivity index (χ0n) is 10.8. The average Bonchev–Trinajstić information content (AvgIpc) is 2.43. The number of halogens is 3. The molecule has 4 heteroatoms. The van der Waals surface area contributed by atoms with E-state index in [1.165, 1.54) is 0 Å². The third kappa shape index (κ3) is 3.67. The van der Waals surface area contributed by atoms with Gasteiger partial charge in [0.15, 0.2) is 0 Å². The molecule has 0 amide bonds. The first-order valence-corrected chi connectivity index (χ1v) is 7.62. The van der Waals surface area contributed by atoms with E-state index in [4.69, 9.17) is 34.8 Å². The summed E-state index contributed by atoms with van der Waals surface area (Å²) in [6.45, 7) is 0. The molecule has 0 fully saturated rings. The van der Waals surface area contributed by atoms with E-state index < -0.39 is 5.60 Å². The summed E-state index contributed by atoms with van der Waals surface area (Å²) < 4.78 is 0. The molecule has 106 valence electrons. The van der Waals surface area contributed by atoms with Gasteiger partial charge >= 0.3 is 0 Å². The molecule has 0 saturated carbocycles. The fourth-order valence-corrected chi connectivity index (χ4v) is 3.01. The van der Waals surface area contributed by atoms with Crippen LogP contribution in [0, 0.1) is 0 Å². The highest BCUT2D eigenvalue weighted by Gasteiger charge is 2.29. The lowest BCUT2D eigenvalue weighted by Crippen LogP contribution is -2.29. The highest BCUT2D eigenvalue weighted by Crippen LogP contribution is 2.33. The maximum atomic E-state index is 11.0. The van der Waals surface area contributed by atoms with Gasteiger partial charge < -0.3 is 5.11 Å². The van der Waals surface area contributed by atoms with Crippen molar-refractivity contribution in [3.8, 4) is 0 Å². The van der Waals surface area contributed by atoms with E-state index in [1.807, 2.05) is 36.4 Å². The lowest BCUT2D eigenvalue weighted by Gasteiger charge is -2.28. The van der Waals surface area contributed by atoms with Gasteiger partial charge in [-0.1, -0.05) is 59.6 Å². The normalized spacial score (nSPS) is 14.0. The molecule has 0 saturated heterocycles. The van der Waals surface area contributed by atoms with Gasteiger partial charge in [0.05, 0.1) is 5.60 Å². The molecule has 2 aromatic carbocycles. The molecule has 0 aliphatic heterocycles. The second kappa shape index (κ2) is 6.82. The molecule has 0 aliphatic rings. The first-order chi connectivity index (χ1) is 9.55. The Morgan fingerprint density at radius 1 is 1.00 bits per heavy atom. The van der Waals surface area contributed by atoms with E-state index in [-0.39, 0.29) is 0 Å². The van der Waals surface area contributed by atoms with Crippen LogP contribution in [-0.4, -0.2) is 11.0 Å². The Morgan fingerprint density at radius 2 is 1.70 bits per heavy atom. The molecular weight excluding hydrogens is 315 g/mol.